The molecule has 0 atom stereocenters. The number of hydrogen-bond donors (Lipinski definition) is 0. The molecule has 0 aliphatic heterocycles. The predicted octanol–water partition coefficient (Wildman–Crippen LogP) is -1.54. The van der Waals surface area contributed by atoms with E-state index in [1.54, 1.807) is 0 Å². The Kier molecular flexibility index (Phi) is 5.68. The Balaban J connectivity index is 0.00000169. The Hall–Kier alpha value is 0.441. The molecule has 0 spiro atoms. The third-order valence-corrected chi connectivity index (χ3v) is 1.69. The van der Waals surface area contributed by atoms with E-state index >= 15 is 0 Å². The number of pyridine rings is 1. The van der Waals surface area contributed by atoms with Gasteiger partial charge >= 0.3 is 58.4 Å². The summed E-state index contributed by atoms with van der Waals surface area (Å²) in [4.78, 5) is 3.50. The van der Waals surface area contributed by atoms with Crippen molar-refractivity contribution in [1.29, 1.82) is 0 Å². The maximum Gasteiger partial charge on any atom is 1.00 e. The second-order valence-corrected chi connectivity index (χ2v) is 2.63. The first kappa shape index (κ1) is 14.4. The Bertz CT molecular complexity index is 318. The summed E-state index contributed by atoms with van der Waals surface area (Å²) in [6.45, 7) is -3.67. The smallest absolute Gasteiger partial charge is 0.483 e. The average molecular weight is 229 g/mol. The molecule has 0 saturated heterocycles. The van der Waals surface area contributed by atoms with E-state index in [0.29, 0.717) is 0 Å². The van der Waals surface area contributed by atoms with E-state index < -0.39 is 12.4 Å². The van der Waals surface area contributed by atoms with Gasteiger partial charge in [-0.15, -0.1) is 0 Å². The Morgan fingerprint density at radius 3 is 2.29 bits per heavy atom. The van der Waals surface area contributed by atoms with E-state index in [1.807, 2.05) is 0 Å². The number of ether oxygens (including phenoxy) is 1. The number of methoxy groups -OCH3 is 1. The van der Waals surface area contributed by atoms with Crippen molar-refractivity contribution in [2.24, 2.45) is 0 Å². The van der Waals surface area contributed by atoms with Gasteiger partial charge in [0.25, 0.3) is 0 Å². The molecule has 7 heteroatoms. The molecule has 0 aromatic carbocycles. The molecule has 2 nitrogen and oxygen atoms in total. The second kappa shape index (κ2) is 5.50. The molecule has 0 amide bonds. The average Bonchev–Trinajstić information content (AvgIpc) is 2.01. The molecule has 1 heterocycles. The number of aromatic nitrogens is 1. The van der Waals surface area contributed by atoms with Crippen LogP contribution in [0.4, 0.5) is 12.9 Å². The van der Waals surface area contributed by atoms with E-state index in [1.165, 1.54) is 26.3 Å². The van der Waals surface area contributed by atoms with E-state index in [0.717, 1.165) is 0 Å². The van der Waals surface area contributed by atoms with Gasteiger partial charge in [0.2, 0.25) is 0 Å². The minimum absolute atomic E-state index is 0. The van der Waals surface area contributed by atoms with Crippen LogP contribution in [-0.4, -0.2) is 19.1 Å². The van der Waals surface area contributed by atoms with E-state index in [2.05, 4.69) is 9.72 Å². The minimum atomic E-state index is -5.05. The van der Waals surface area contributed by atoms with Crippen LogP contribution in [0.2, 0.25) is 0 Å². The molecule has 1 aromatic rings. The summed E-state index contributed by atoms with van der Waals surface area (Å²) >= 11 is 0. The first-order valence-corrected chi connectivity index (χ1v) is 3.66. The predicted molar refractivity (Wildman–Crippen MR) is 44.2 cm³/mol. The Morgan fingerprint density at radius 2 is 1.93 bits per heavy atom. The summed E-state index contributed by atoms with van der Waals surface area (Å²) in [5, 5.41) is 0. The first-order chi connectivity index (χ1) is 5.96. The van der Waals surface area contributed by atoms with Crippen LogP contribution in [0.3, 0.4) is 0 Å². The van der Waals surface area contributed by atoms with Crippen LogP contribution in [0.1, 0.15) is 5.56 Å². The van der Waals surface area contributed by atoms with Crippen molar-refractivity contribution in [3.05, 3.63) is 17.8 Å². The number of halogens is 3. The summed E-state index contributed by atoms with van der Waals surface area (Å²) in [6, 6.07) is 1.31. The molecule has 1 rings (SSSR count). The van der Waals surface area contributed by atoms with Crippen LogP contribution in [0.25, 0.3) is 0 Å². The third kappa shape index (κ3) is 3.23. The number of nitrogens with zero attached hydrogens (tertiary/aromatic N) is 1. The van der Waals surface area contributed by atoms with Crippen molar-refractivity contribution in [3.63, 3.8) is 0 Å². The van der Waals surface area contributed by atoms with Gasteiger partial charge in [0.1, 0.15) is 0 Å². The summed E-state index contributed by atoms with van der Waals surface area (Å²) < 4.78 is 41.9. The fourth-order valence-corrected chi connectivity index (χ4v) is 1.11. The first-order valence-electron chi connectivity index (χ1n) is 3.66. The quantitative estimate of drug-likeness (QED) is 0.573. The second-order valence-electron chi connectivity index (χ2n) is 2.63. The van der Waals surface area contributed by atoms with Gasteiger partial charge in [0.15, 0.2) is 5.88 Å². The topological polar surface area (TPSA) is 22.1 Å². The van der Waals surface area contributed by atoms with Crippen LogP contribution < -0.4 is 61.6 Å². The van der Waals surface area contributed by atoms with Gasteiger partial charge in [-0.1, -0.05) is 5.56 Å². The summed E-state index contributed by atoms with van der Waals surface area (Å²) in [6.07, 6.45) is 1.29. The van der Waals surface area contributed by atoms with Crippen molar-refractivity contribution in [2.45, 2.75) is 6.92 Å². The molecule has 14 heavy (non-hydrogen) atoms. The SMILES string of the molecule is COc1nccc(C)c1[B-](F)(F)F.[K+]. The number of hydrogen-bond acceptors (Lipinski definition) is 2. The van der Waals surface area contributed by atoms with Gasteiger partial charge in [0.05, 0.1) is 7.11 Å². The Labute approximate surface area is 123 Å². The molecule has 0 bridgehead atoms. The number of rotatable bonds is 2. The van der Waals surface area contributed by atoms with Crippen LogP contribution in [0, 0.1) is 6.92 Å². The van der Waals surface area contributed by atoms with Crippen molar-refractivity contribution in [3.8, 4) is 5.88 Å². The van der Waals surface area contributed by atoms with Gasteiger partial charge in [-0.25, -0.2) is 4.98 Å². The minimum Gasteiger partial charge on any atom is -0.483 e. The third-order valence-electron chi connectivity index (χ3n) is 1.69. The molecule has 0 fully saturated rings. The monoisotopic (exact) mass is 229 g/mol. The molecule has 0 N–H and O–H groups in total. The fourth-order valence-electron chi connectivity index (χ4n) is 1.11. The molecular weight excluding hydrogens is 221 g/mol. The van der Waals surface area contributed by atoms with Crippen molar-refractivity contribution in [1.82, 2.24) is 4.98 Å². The maximum atomic E-state index is 12.4. The standard InChI is InChI=1S/C7H8BF3NO.K/c1-5-3-4-12-7(13-2)6(5)8(9,10)11;/h3-4H,1-2H3;/q-1;+1. The zero-order chi connectivity index (χ0) is 10.1. The zero-order valence-electron chi connectivity index (χ0n) is 8.22. The van der Waals surface area contributed by atoms with Crippen LogP contribution in [0.5, 0.6) is 5.88 Å². The zero-order valence-corrected chi connectivity index (χ0v) is 11.3. The van der Waals surface area contributed by atoms with Crippen molar-refractivity contribution >= 4 is 12.4 Å². The van der Waals surface area contributed by atoms with Crippen LogP contribution in [-0.2, 0) is 0 Å². The summed E-state index contributed by atoms with van der Waals surface area (Å²) in [7, 11) is 1.17. The van der Waals surface area contributed by atoms with Crippen LogP contribution >= 0.6 is 0 Å². The Morgan fingerprint density at radius 1 is 1.36 bits per heavy atom. The van der Waals surface area contributed by atoms with E-state index in [4.69, 9.17) is 0 Å². The molecule has 0 saturated carbocycles. The maximum absolute atomic E-state index is 12.4. The van der Waals surface area contributed by atoms with Crippen LogP contribution in [0.15, 0.2) is 12.3 Å². The molecule has 1 aromatic heterocycles. The fraction of sp³-hybridized carbons (Fsp3) is 0.286. The van der Waals surface area contributed by atoms with Crippen molar-refractivity contribution in [2.75, 3.05) is 7.11 Å². The molecule has 0 radical (unpaired) electrons. The number of aryl methyl sites for hydroxylation is 1. The molecule has 72 valence electrons. The largest absolute Gasteiger partial charge is 1.00 e. The van der Waals surface area contributed by atoms with Gasteiger partial charge in [-0.05, 0) is 18.5 Å². The molecule has 0 unspecified atom stereocenters. The normalized spacial score (nSPS) is 10.6. The molecular formula is C7H8BF3KNO. The van der Waals surface area contributed by atoms with E-state index in [-0.39, 0.29) is 62.8 Å². The van der Waals surface area contributed by atoms with Gasteiger partial charge in [-0.2, -0.15) is 0 Å². The van der Waals surface area contributed by atoms with E-state index in [9.17, 15) is 12.9 Å². The van der Waals surface area contributed by atoms with Gasteiger partial charge < -0.3 is 17.7 Å². The summed E-state index contributed by atoms with van der Waals surface area (Å²) in [5.74, 6) is -0.354. The van der Waals surface area contributed by atoms with Gasteiger partial charge in [-0.3, -0.25) is 0 Å². The van der Waals surface area contributed by atoms with Gasteiger partial charge in [0, 0.05) is 6.20 Å². The summed E-state index contributed by atoms with van der Waals surface area (Å²) in [5.41, 5.74) is -0.607. The van der Waals surface area contributed by atoms with Crippen molar-refractivity contribution < 1.29 is 69.1 Å². The molecule has 0 aliphatic rings. The molecule has 0 aliphatic carbocycles.